The number of aromatic amines is 1. The molecule has 0 unspecified atom stereocenters. The molecule has 19 heavy (non-hydrogen) atoms. The summed E-state index contributed by atoms with van der Waals surface area (Å²) in [5.41, 5.74) is 0.918. The smallest absolute Gasteiger partial charge is 0.258 e. The van der Waals surface area contributed by atoms with Gasteiger partial charge in [0.25, 0.3) is 5.91 Å². The molecule has 2 rings (SSSR count). The van der Waals surface area contributed by atoms with Gasteiger partial charge in [0.2, 0.25) is 0 Å². The number of nitrogens with one attached hydrogen (secondary N) is 2. The zero-order chi connectivity index (χ0) is 13.7. The van der Waals surface area contributed by atoms with Gasteiger partial charge in [-0.15, -0.1) is 0 Å². The van der Waals surface area contributed by atoms with Crippen LogP contribution in [0.15, 0.2) is 36.7 Å². The molecule has 2 N–H and O–H groups in total. The topological polar surface area (TPSA) is 54.1 Å². The Morgan fingerprint density at radius 1 is 1.32 bits per heavy atom. The van der Waals surface area contributed by atoms with Gasteiger partial charge in [0.15, 0.2) is 18.2 Å². The molecule has 1 aromatic heterocycles. The minimum Gasteiger partial charge on any atom is -0.481 e. The highest BCUT2D eigenvalue weighted by Crippen LogP contribution is 2.17. The van der Waals surface area contributed by atoms with Gasteiger partial charge in [-0.25, -0.2) is 8.78 Å². The average Bonchev–Trinajstić information content (AvgIpc) is 2.88. The van der Waals surface area contributed by atoms with E-state index in [0.29, 0.717) is 12.6 Å². The Morgan fingerprint density at radius 3 is 2.84 bits per heavy atom. The number of carbonyl (C=O) groups is 1. The quantitative estimate of drug-likeness (QED) is 0.869. The van der Waals surface area contributed by atoms with Gasteiger partial charge in [-0.2, -0.15) is 0 Å². The fourth-order valence-corrected chi connectivity index (χ4v) is 1.46. The number of halogens is 2. The van der Waals surface area contributed by atoms with Crippen LogP contribution < -0.4 is 10.1 Å². The standard InChI is InChI=1S/C13H12F2N2O2/c14-10-1-2-12(11(15)5-10)19-8-13(18)17-7-9-3-4-16-6-9/h1-6,16H,7-8H2,(H,17,18). The Bertz CT molecular complexity index is 556. The third kappa shape index (κ3) is 3.80. The highest BCUT2D eigenvalue weighted by atomic mass is 19.1. The summed E-state index contributed by atoms with van der Waals surface area (Å²) in [7, 11) is 0. The molecule has 2 aromatic rings. The lowest BCUT2D eigenvalue weighted by atomic mass is 10.3. The summed E-state index contributed by atoms with van der Waals surface area (Å²) in [5.74, 6) is -2.07. The fraction of sp³-hybridized carbons (Fsp3) is 0.154. The van der Waals surface area contributed by atoms with Gasteiger partial charge in [-0.1, -0.05) is 0 Å². The van der Waals surface area contributed by atoms with Crippen LogP contribution in [0.5, 0.6) is 5.75 Å². The third-order valence-corrected chi connectivity index (χ3v) is 2.40. The van der Waals surface area contributed by atoms with Crippen molar-refractivity contribution < 1.29 is 18.3 Å². The van der Waals surface area contributed by atoms with E-state index in [9.17, 15) is 13.6 Å². The maximum Gasteiger partial charge on any atom is 0.258 e. The maximum absolute atomic E-state index is 13.2. The summed E-state index contributed by atoms with van der Waals surface area (Å²) in [6.07, 6.45) is 3.49. The van der Waals surface area contributed by atoms with E-state index in [0.717, 1.165) is 17.7 Å². The van der Waals surface area contributed by atoms with Gasteiger partial charge < -0.3 is 15.0 Å². The normalized spacial score (nSPS) is 10.2. The van der Waals surface area contributed by atoms with Crippen LogP contribution in [0.4, 0.5) is 8.78 Å². The number of carbonyl (C=O) groups excluding carboxylic acids is 1. The lowest BCUT2D eigenvalue weighted by Crippen LogP contribution is -2.28. The van der Waals surface area contributed by atoms with Crippen molar-refractivity contribution in [2.24, 2.45) is 0 Å². The zero-order valence-corrected chi connectivity index (χ0v) is 9.95. The van der Waals surface area contributed by atoms with Crippen molar-refractivity contribution in [1.82, 2.24) is 10.3 Å². The molecule has 0 saturated heterocycles. The van der Waals surface area contributed by atoms with E-state index in [-0.39, 0.29) is 18.3 Å². The minimum absolute atomic E-state index is 0.154. The molecule has 0 bridgehead atoms. The van der Waals surface area contributed by atoms with Crippen LogP contribution in [0.3, 0.4) is 0 Å². The summed E-state index contributed by atoms with van der Waals surface area (Å²) >= 11 is 0. The molecule has 0 spiro atoms. The second kappa shape index (κ2) is 5.99. The summed E-state index contributed by atoms with van der Waals surface area (Å²) in [6, 6.07) is 4.73. The number of amides is 1. The molecular weight excluding hydrogens is 254 g/mol. The second-order valence-electron chi connectivity index (χ2n) is 3.86. The van der Waals surface area contributed by atoms with Crippen molar-refractivity contribution in [3.63, 3.8) is 0 Å². The highest BCUT2D eigenvalue weighted by Gasteiger charge is 2.07. The summed E-state index contributed by atoms with van der Waals surface area (Å²) < 4.78 is 30.8. The molecule has 1 aromatic carbocycles. The number of ether oxygens (including phenoxy) is 1. The van der Waals surface area contributed by atoms with Gasteiger partial charge in [0.05, 0.1) is 0 Å². The molecule has 1 amide bonds. The predicted octanol–water partition coefficient (Wildman–Crippen LogP) is 1.99. The van der Waals surface area contributed by atoms with Crippen LogP contribution in [-0.4, -0.2) is 17.5 Å². The molecule has 0 atom stereocenters. The number of benzene rings is 1. The molecule has 1 heterocycles. The molecule has 0 radical (unpaired) electrons. The number of rotatable bonds is 5. The van der Waals surface area contributed by atoms with Crippen LogP contribution in [-0.2, 0) is 11.3 Å². The first-order chi connectivity index (χ1) is 9.15. The molecule has 6 heteroatoms. The minimum atomic E-state index is -0.835. The van der Waals surface area contributed by atoms with Gasteiger partial charge in [-0.3, -0.25) is 4.79 Å². The van der Waals surface area contributed by atoms with Crippen molar-refractivity contribution in [1.29, 1.82) is 0 Å². The Hall–Kier alpha value is -2.37. The third-order valence-electron chi connectivity index (χ3n) is 2.40. The number of H-pyrrole nitrogens is 1. The second-order valence-corrected chi connectivity index (χ2v) is 3.86. The highest BCUT2D eigenvalue weighted by molar-refractivity contribution is 5.77. The van der Waals surface area contributed by atoms with Crippen LogP contribution in [0.2, 0.25) is 0 Å². The molecular formula is C13H12F2N2O2. The Morgan fingerprint density at radius 2 is 2.16 bits per heavy atom. The van der Waals surface area contributed by atoms with Crippen molar-refractivity contribution in [3.8, 4) is 5.75 Å². The SMILES string of the molecule is O=C(COc1ccc(F)cc1F)NCc1cc[nH]c1. The monoisotopic (exact) mass is 266 g/mol. The molecule has 0 aliphatic carbocycles. The summed E-state index contributed by atoms with van der Waals surface area (Å²) in [5, 5.41) is 2.61. The molecule has 4 nitrogen and oxygen atoms in total. The van der Waals surface area contributed by atoms with E-state index in [1.807, 2.05) is 6.07 Å². The lowest BCUT2D eigenvalue weighted by Gasteiger charge is -2.07. The van der Waals surface area contributed by atoms with Gasteiger partial charge in [0.1, 0.15) is 5.82 Å². The molecule has 0 fully saturated rings. The van der Waals surface area contributed by atoms with Crippen LogP contribution in [0, 0.1) is 11.6 Å². The van der Waals surface area contributed by atoms with Gasteiger partial charge in [0, 0.05) is 25.0 Å². The number of hydrogen-bond donors (Lipinski definition) is 2. The zero-order valence-electron chi connectivity index (χ0n) is 9.95. The largest absolute Gasteiger partial charge is 0.481 e. The maximum atomic E-state index is 13.2. The molecule has 100 valence electrons. The fourth-order valence-electron chi connectivity index (χ4n) is 1.46. The first kappa shape index (κ1) is 13.1. The van der Waals surface area contributed by atoms with Crippen LogP contribution >= 0.6 is 0 Å². The molecule has 0 saturated carbocycles. The van der Waals surface area contributed by atoms with E-state index in [2.05, 4.69) is 10.3 Å². The average molecular weight is 266 g/mol. The Labute approximate surface area is 108 Å². The summed E-state index contributed by atoms with van der Waals surface area (Å²) in [4.78, 5) is 14.3. The van der Waals surface area contributed by atoms with Crippen LogP contribution in [0.1, 0.15) is 5.56 Å². The molecule has 0 aliphatic rings. The van der Waals surface area contributed by atoms with E-state index in [1.54, 1.807) is 12.4 Å². The summed E-state index contributed by atoms with van der Waals surface area (Å²) in [6.45, 7) is 0.0323. The van der Waals surface area contributed by atoms with Crippen molar-refractivity contribution in [2.75, 3.05) is 6.61 Å². The number of aromatic nitrogens is 1. The lowest BCUT2D eigenvalue weighted by molar-refractivity contribution is -0.123. The van der Waals surface area contributed by atoms with Crippen molar-refractivity contribution >= 4 is 5.91 Å². The predicted molar refractivity (Wildman–Crippen MR) is 64.5 cm³/mol. The first-order valence-electron chi connectivity index (χ1n) is 5.61. The van der Waals surface area contributed by atoms with Gasteiger partial charge >= 0.3 is 0 Å². The van der Waals surface area contributed by atoms with Crippen molar-refractivity contribution in [3.05, 3.63) is 53.9 Å². The molecule has 0 aliphatic heterocycles. The van der Waals surface area contributed by atoms with E-state index < -0.39 is 11.6 Å². The van der Waals surface area contributed by atoms with Crippen molar-refractivity contribution in [2.45, 2.75) is 6.54 Å². The number of hydrogen-bond acceptors (Lipinski definition) is 2. The van der Waals surface area contributed by atoms with E-state index >= 15 is 0 Å². The van der Waals surface area contributed by atoms with E-state index in [4.69, 9.17) is 4.74 Å². The first-order valence-corrected chi connectivity index (χ1v) is 5.61. The van der Waals surface area contributed by atoms with Crippen LogP contribution in [0.25, 0.3) is 0 Å². The van der Waals surface area contributed by atoms with Gasteiger partial charge in [-0.05, 0) is 23.8 Å². The Kier molecular flexibility index (Phi) is 4.12. The van der Waals surface area contributed by atoms with E-state index in [1.165, 1.54) is 0 Å². The Balaban J connectivity index is 1.80.